The van der Waals surface area contributed by atoms with E-state index in [2.05, 4.69) is 15.6 Å². The van der Waals surface area contributed by atoms with Crippen molar-refractivity contribution in [3.05, 3.63) is 34.6 Å². The van der Waals surface area contributed by atoms with Gasteiger partial charge in [0.2, 0.25) is 0 Å². The summed E-state index contributed by atoms with van der Waals surface area (Å²) in [5.74, 6) is 0.408. The maximum atomic E-state index is 12.9. The Hall–Kier alpha value is -1.29. The van der Waals surface area contributed by atoms with E-state index in [4.69, 9.17) is 11.6 Å². The number of rotatable bonds is 2. The Bertz CT molecular complexity index is 406. The van der Waals surface area contributed by atoms with Crippen molar-refractivity contribution in [2.24, 2.45) is 4.99 Å². The van der Waals surface area contributed by atoms with Crippen molar-refractivity contribution in [2.75, 3.05) is 13.1 Å². The molecule has 0 spiro atoms. The molecule has 0 bridgehead atoms. The highest BCUT2D eigenvalue weighted by atomic mass is 35.5. The van der Waals surface area contributed by atoms with Gasteiger partial charge in [-0.3, -0.25) is 4.99 Å². The molecule has 0 radical (unpaired) electrons. The van der Waals surface area contributed by atoms with Crippen molar-refractivity contribution in [1.82, 2.24) is 10.6 Å². The molecule has 1 aliphatic rings. The van der Waals surface area contributed by atoms with Gasteiger partial charge in [-0.25, -0.2) is 4.39 Å². The van der Waals surface area contributed by atoms with Gasteiger partial charge in [0.05, 0.1) is 5.02 Å². The third kappa shape index (κ3) is 2.85. The lowest BCUT2D eigenvalue weighted by atomic mass is 10.2. The zero-order valence-electron chi connectivity index (χ0n) is 8.76. The molecular formula is C11H13ClFN3. The Morgan fingerprint density at radius 2 is 2.38 bits per heavy atom. The first-order valence-electron chi connectivity index (χ1n) is 5.22. The first kappa shape index (κ1) is 11.2. The summed E-state index contributed by atoms with van der Waals surface area (Å²) in [5, 5.41) is 6.44. The number of hydrogen-bond donors (Lipinski definition) is 2. The number of nitrogens with zero attached hydrogens (tertiary/aromatic N) is 1. The van der Waals surface area contributed by atoms with Crippen molar-refractivity contribution in [3.8, 4) is 0 Å². The van der Waals surface area contributed by atoms with Crippen LogP contribution in [0.3, 0.4) is 0 Å². The number of guanidine groups is 1. The first-order valence-corrected chi connectivity index (χ1v) is 5.59. The average Bonchev–Trinajstić information content (AvgIpc) is 2.32. The predicted molar refractivity (Wildman–Crippen MR) is 63.2 cm³/mol. The lowest BCUT2D eigenvalue weighted by Crippen LogP contribution is -2.40. The number of hydrogen-bond acceptors (Lipinski definition) is 3. The van der Waals surface area contributed by atoms with Crippen molar-refractivity contribution in [1.29, 1.82) is 0 Å². The standard InChI is InChI=1S/C11H13ClFN3/c12-9-6-8(2-3-10(9)13)7-16-11-14-4-1-5-15-11/h2-3,6H,1,4-5,7H2,(H2,14,15,16). The van der Waals surface area contributed by atoms with Gasteiger partial charge in [0.15, 0.2) is 5.96 Å². The van der Waals surface area contributed by atoms with Crippen molar-refractivity contribution in [3.63, 3.8) is 0 Å². The molecule has 0 saturated carbocycles. The van der Waals surface area contributed by atoms with Crippen LogP contribution in [-0.2, 0) is 6.54 Å². The Morgan fingerprint density at radius 3 is 3.06 bits per heavy atom. The van der Waals surface area contributed by atoms with Crippen molar-refractivity contribution in [2.45, 2.75) is 13.0 Å². The van der Waals surface area contributed by atoms with E-state index in [0.29, 0.717) is 6.54 Å². The highest BCUT2D eigenvalue weighted by Crippen LogP contribution is 2.15. The summed E-state index contributed by atoms with van der Waals surface area (Å²) in [4.78, 5) is 4.27. The molecule has 1 aliphatic heterocycles. The van der Waals surface area contributed by atoms with Gasteiger partial charge < -0.3 is 10.6 Å². The molecule has 2 rings (SSSR count). The molecule has 3 nitrogen and oxygen atoms in total. The Balaban J connectivity index is 1.94. The van der Waals surface area contributed by atoms with Gasteiger partial charge in [-0.05, 0) is 24.1 Å². The highest BCUT2D eigenvalue weighted by Gasteiger charge is 2.04. The van der Waals surface area contributed by atoms with E-state index >= 15 is 0 Å². The van der Waals surface area contributed by atoms with Gasteiger partial charge in [-0.1, -0.05) is 17.7 Å². The molecule has 1 heterocycles. The third-order valence-electron chi connectivity index (χ3n) is 2.34. The zero-order valence-corrected chi connectivity index (χ0v) is 9.52. The summed E-state index contributed by atoms with van der Waals surface area (Å²) in [6.07, 6.45) is 1.06. The summed E-state index contributed by atoms with van der Waals surface area (Å²) in [7, 11) is 0. The number of nitrogens with one attached hydrogen (secondary N) is 2. The maximum absolute atomic E-state index is 12.9. The molecule has 0 atom stereocenters. The number of halogens is 2. The van der Waals surface area contributed by atoms with Gasteiger partial charge in [-0.15, -0.1) is 0 Å². The van der Waals surface area contributed by atoms with Crippen LogP contribution >= 0.6 is 11.6 Å². The molecular weight excluding hydrogens is 229 g/mol. The van der Waals surface area contributed by atoms with E-state index in [1.54, 1.807) is 12.1 Å². The molecule has 16 heavy (non-hydrogen) atoms. The minimum atomic E-state index is -0.390. The minimum absolute atomic E-state index is 0.151. The van der Waals surface area contributed by atoms with E-state index in [1.165, 1.54) is 6.07 Å². The van der Waals surface area contributed by atoms with Crippen LogP contribution in [0.25, 0.3) is 0 Å². The Labute approximate surface area is 98.7 Å². The topological polar surface area (TPSA) is 36.4 Å². The molecule has 86 valence electrons. The lowest BCUT2D eigenvalue weighted by molar-refractivity contribution is 0.627. The predicted octanol–water partition coefficient (Wildman–Crippen LogP) is 1.92. The molecule has 0 aliphatic carbocycles. The van der Waals surface area contributed by atoms with Crippen LogP contribution in [0.1, 0.15) is 12.0 Å². The van der Waals surface area contributed by atoms with Gasteiger partial charge in [0.1, 0.15) is 5.82 Å². The average molecular weight is 242 g/mol. The summed E-state index contributed by atoms with van der Waals surface area (Å²) in [6.45, 7) is 2.38. The van der Waals surface area contributed by atoms with Crippen LogP contribution in [0.15, 0.2) is 23.2 Å². The van der Waals surface area contributed by atoms with E-state index in [1.807, 2.05) is 0 Å². The molecule has 1 aromatic carbocycles. The summed E-state index contributed by atoms with van der Waals surface area (Å²) < 4.78 is 12.9. The second-order valence-electron chi connectivity index (χ2n) is 3.61. The third-order valence-corrected chi connectivity index (χ3v) is 2.63. The van der Waals surface area contributed by atoms with Crippen LogP contribution < -0.4 is 10.6 Å². The maximum Gasteiger partial charge on any atom is 0.191 e. The highest BCUT2D eigenvalue weighted by molar-refractivity contribution is 6.30. The van der Waals surface area contributed by atoms with Crippen LogP contribution in [0.4, 0.5) is 4.39 Å². The fourth-order valence-corrected chi connectivity index (χ4v) is 1.69. The summed E-state index contributed by atoms with van der Waals surface area (Å²) in [5.41, 5.74) is 0.932. The molecule has 5 heteroatoms. The minimum Gasteiger partial charge on any atom is -0.356 e. The van der Waals surface area contributed by atoms with Crippen molar-refractivity contribution >= 4 is 17.6 Å². The molecule has 2 N–H and O–H groups in total. The van der Waals surface area contributed by atoms with E-state index in [0.717, 1.165) is 31.0 Å². The van der Waals surface area contributed by atoms with Gasteiger partial charge in [0.25, 0.3) is 0 Å². The Morgan fingerprint density at radius 1 is 1.50 bits per heavy atom. The first-order chi connectivity index (χ1) is 7.75. The fourth-order valence-electron chi connectivity index (χ4n) is 1.49. The molecule has 0 fully saturated rings. The SMILES string of the molecule is Fc1ccc(CNC2=NCCCN2)cc1Cl. The lowest BCUT2D eigenvalue weighted by Gasteiger charge is -2.16. The van der Waals surface area contributed by atoms with Crippen molar-refractivity contribution < 1.29 is 4.39 Å². The van der Waals surface area contributed by atoms with E-state index in [9.17, 15) is 4.39 Å². The van der Waals surface area contributed by atoms with Gasteiger partial charge >= 0.3 is 0 Å². The molecule has 0 amide bonds. The number of benzene rings is 1. The van der Waals surface area contributed by atoms with Gasteiger partial charge in [-0.2, -0.15) is 0 Å². The fraction of sp³-hybridized carbons (Fsp3) is 0.364. The quantitative estimate of drug-likeness (QED) is 0.830. The van der Waals surface area contributed by atoms with Crippen LogP contribution in [0, 0.1) is 5.82 Å². The summed E-state index contributed by atoms with van der Waals surface area (Å²) >= 11 is 5.69. The van der Waals surface area contributed by atoms with Crippen LogP contribution in [0.2, 0.25) is 5.02 Å². The normalized spacial score (nSPS) is 15.2. The van der Waals surface area contributed by atoms with Gasteiger partial charge in [0, 0.05) is 19.6 Å². The Kier molecular flexibility index (Phi) is 3.62. The monoisotopic (exact) mass is 241 g/mol. The molecule has 0 unspecified atom stereocenters. The second-order valence-corrected chi connectivity index (χ2v) is 4.02. The molecule has 1 aromatic rings. The van der Waals surface area contributed by atoms with E-state index in [-0.39, 0.29) is 5.02 Å². The number of aliphatic imine (C=N–C) groups is 1. The summed E-state index contributed by atoms with van der Waals surface area (Å²) in [6, 6.07) is 4.69. The smallest absolute Gasteiger partial charge is 0.191 e. The largest absolute Gasteiger partial charge is 0.356 e. The zero-order chi connectivity index (χ0) is 11.4. The van der Waals surface area contributed by atoms with E-state index < -0.39 is 5.82 Å². The molecule has 0 aromatic heterocycles. The van der Waals surface area contributed by atoms with Crippen LogP contribution in [0.5, 0.6) is 0 Å². The second kappa shape index (κ2) is 5.16. The van der Waals surface area contributed by atoms with Crippen LogP contribution in [-0.4, -0.2) is 19.0 Å². The molecule has 0 saturated heterocycles.